The van der Waals surface area contributed by atoms with E-state index in [9.17, 15) is 9.59 Å². The molecule has 1 aromatic carbocycles. The minimum Gasteiger partial charge on any atom is -0.352 e. The summed E-state index contributed by atoms with van der Waals surface area (Å²) < 4.78 is 3.45. The molecule has 7 nitrogen and oxygen atoms in total. The van der Waals surface area contributed by atoms with Crippen LogP contribution in [0.5, 0.6) is 0 Å². The molecule has 0 fully saturated rings. The van der Waals surface area contributed by atoms with E-state index in [1.807, 2.05) is 30.5 Å². The maximum absolute atomic E-state index is 13.1. The summed E-state index contributed by atoms with van der Waals surface area (Å²) in [5.74, 6) is -0.107. The third-order valence-corrected chi connectivity index (χ3v) is 6.02. The van der Waals surface area contributed by atoms with Gasteiger partial charge in [0.05, 0.1) is 12.2 Å². The Morgan fingerprint density at radius 3 is 2.69 bits per heavy atom. The number of aryl methyl sites for hydroxylation is 2. The topological polar surface area (TPSA) is 81.3 Å². The van der Waals surface area contributed by atoms with Crippen molar-refractivity contribution in [1.82, 2.24) is 24.5 Å². The molecular weight excluding hydrogens is 402 g/mol. The molecule has 0 radical (unpaired) electrons. The molecule has 0 atom stereocenters. The highest BCUT2D eigenvalue weighted by molar-refractivity contribution is 5.94. The van der Waals surface area contributed by atoms with Crippen LogP contribution in [0.2, 0.25) is 0 Å². The summed E-state index contributed by atoms with van der Waals surface area (Å²) in [6.07, 6.45) is 12.0. The molecule has 32 heavy (non-hydrogen) atoms. The van der Waals surface area contributed by atoms with Crippen LogP contribution >= 0.6 is 0 Å². The highest BCUT2D eigenvalue weighted by Gasteiger charge is 2.19. The number of pyridine rings is 1. The van der Waals surface area contributed by atoms with Crippen molar-refractivity contribution in [3.8, 4) is 0 Å². The number of fused-ring (bicyclic) bond motifs is 3. The molecular formula is C25H25N5O2. The van der Waals surface area contributed by atoms with Crippen molar-refractivity contribution in [1.29, 1.82) is 0 Å². The smallest absolute Gasteiger partial charge is 0.277 e. The Morgan fingerprint density at radius 1 is 1.03 bits per heavy atom. The molecule has 7 heteroatoms. The molecule has 3 aromatic heterocycles. The van der Waals surface area contributed by atoms with Gasteiger partial charge in [-0.1, -0.05) is 18.2 Å². The lowest BCUT2D eigenvalue weighted by molar-refractivity contribution is 0.0954. The van der Waals surface area contributed by atoms with Crippen molar-refractivity contribution in [3.63, 3.8) is 0 Å². The van der Waals surface area contributed by atoms with E-state index in [-0.39, 0.29) is 11.5 Å². The fourth-order valence-corrected chi connectivity index (χ4v) is 4.31. The van der Waals surface area contributed by atoms with Gasteiger partial charge in [-0.3, -0.25) is 14.6 Å². The zero-order valence-electron chi connectivity index (χ0n) is 17.8. The van der Waals surface area contributed by atoms with Crippen LogP contribution in [0.4, 0.5) is 0 Å². The quantitative estimate of drug-likeness (QED) is 0.513. The lowest BCUT2D eigenvalue weighted by Gasteiger charge is -2.10. The molecule has 1 amide bonds. The van der Waals surface area contributed by atoms with Crippen LogP contribution in [-0.4, -0.2) is 31.6 Å². The molecule has 1 aliphatic carbocycles. The van der Waals surface area contributed by atoms with Crippen molar-refractivity contribution < 1.29 is 4.79 Å². The Labute approximate surface area is 185 Å². The van der Waals surface area contributed by atoms with Crippen molar-refractivity contribution >= 4 is 11.4 Å². The van der Waals surface area contributed by atoms with Gasteiger partial charge in [-0.15, -0.1) is 0 Å². The molecule has 5 rings (SSSR count). The number of rotatable bonds is 6. The third-order valence-electron chi connectivity index (χ3n) is 6.02. The van der Waals surface area contributed by atoms with Gasteiger partial charge >= 0.3 is 0 Å². The first kappa shape index (κ1) is 20.2. The van der Waals surface area contributed by atoms with Gasteiger partial charge in [-0.05, 0) is 61.4 Å². The average Bonchev–Trinajstić information content (AvgIpc) is 3.21. The number of amides is 1. The highest BCUT2D eigenvalue weighted by Crippen LogP contribution is 2.22. The van der Waals surface area contributed by atoms with Crippen molar-refractivity contribution in [3.05, 3.63) is 99.5 Å². The van der Waals surface area contributed by atoms with E-state index in [1.54, 1.807) is 39.8 Å². The number of nitrogens with zero attached hydrogens (tertiary/aromatic N) is 4. The monoisotopic (exact) mass is 427 g/mol. The van der Waals surface area contributed by atoms with Crippen molar-refractivity contribution in [2.75, 3.05) is 6.54 Å². The molecule has 1 aliphatic rings. The van der Waals surface area contributed by atoms with Crippen LogP contribution in [0.3, 0.4) is 0 Å². The van der Waals surface area contributed by atoms with Gasteiger partial charge in [0.25, 0.3) is 11.5 Å². The van der Waals surface area contributed by atoms with E-state index < -0.39 is 0 Å². The van der Waals surface area contributed by atoms with Crippen LogP contribution in [0.15, 0.2) is 66.0 Å². The predicted octanol–water partition coefficient (Wildman–Crippen LogP) is 2.79. The number of hydrogen-bond acceptors (Lipinski definition) is 4. The van der Waals surface area contributed by atoms with E-state index >= 15 is 0 Å². The van der Waals surface area contributed by atoms with Gasteiger partial charge in [-0.25, -0.2) is 4.52 Å². The maximum Gasteiger partial charge on any atom is 0.277 e. The van der Waals surface area contributed by atoms with E-state index in [2.05, 4.69) is 15.4 Å². The second kappa shape index (κ2) is 8.78. The Morgan fingerprint density at radius 2 is 1.88 bits per heavy atom. The SMILES string of the molecule is O=C(NCCc1cccnc1)c1ccc(Cn2ccn3nc4c(c3c2=O)CCCC4)cc1. The zero-order valence-corrected chi connectivity index (χ0v) is 17.8. The highest BCUT2D eigenvalue weighted by atomic mass is 16.1. The first-order chi connectivity index (χ1) is 15.7. The van der Waals surface area contributed by atoms with Crippen molar-refractivity contribution in [2.45, 2.75) is 38.6 Å². The Kier molecular flexibility index (Phi) is 5.54. The fraction of sp³-hybridized carbons (Fsp3) is 0.280. The van der Waals surface area contributed by atoms with E-state index in [0.717, 1.165) is 54.5 Å². The van der Waals surface area contributed by atoms with Crippen molar-refractivity contribution in [2.24, 2.45) is 0 Å². The Bertz CT molecular complexity index is 1310. The largest absolute Gasteiger partial charge is 0.352 e. The van der Waals surface area contributed by atoms with Crippen LogP contribution < -0.4 is 10.9 Å². The first-order valence-electron chi connectivity index (χ1n) is 11.0. The molecule has 1 N–H and O–H groups in total. The lowest BCUT2D eigenvalue weighted by atomic mass is 9.97. The molecule has 0 spiro atoms. The number of nitrogens with one attached hydrogen (secondary N) is 1. The average molecular weight is 428 g/mol. The van der Waals surface area contributed by atoms with Gasteiger partial charge in [0.1, 0.15) is 5.52 Å². The summed E-state index contributed by atoms with van der Waals surface area (Å²) in [7, 11) is 0. The van der Waals surface area contributed by atoms with E-state index in [1.165, 1.54) is 0 Å². The summed E-state index contributed by atoms with van der Waals surface area (Å²) in [5.41, 5.74) is 5.51. The minimum atomic E-state index is -0.107. The normalized spacial score (nSPS) is 13.1. The Hall–Kier alpha value is -3.74. The summed E-state index contributed by atoms with van der Waals surface area (Å²) in [6.45, 7) is 1.01. The second-order valence-electron chi connectivity index (χ2n) is 8.22. The second-order valence-corrected chi connectivity index (χ2v) is 8.22. The number of carbonyl (C=O) groups excluding carboxylic acids is 1. The first-order valence-corrected chi connectivity index (χ1v) is 11.0. The summed E-state index contributed by atoms with van der Waals surface area (Å²) in [6, 6.07) is 11.3. The summed E-state index contributed by atoms with van der Waals surface area (Å²) >= 11 is 0. The molecule has 0 saturated heterocycles. The van der Waals surface area contributed by atoms with Gasteiger partial charge < -0.3 is 9.88 Å². The summed E-state index contributed by atoms with van der Waals surface area (Å²) in [5, 5.41) is 7.53. The van der Waals surface area contributed by atoms with E-state index in [4.69, 9.17) is 0 Å². The van der Waals surface area contributed by atoms with E-state index in [0.29, 0.717) is 24.2 Å². The van der Waals surface area contributed by atoms with Gasteiger partial charge in [0.15, 0.2) is 0 Å². The molecule has 0 unspecified atom stereocenters. The van der Waals surface area contributed by atoms with Crippen LogP contribution in [-0.2, 0) is 25.8 Å². The van der Waals surface area contributed by atoms with Gasteiger partial charge in [-0.2, -0.15) is 5.10 Å². The Balaban J connectivity index is 1.26. The summed E-state index contributed by atoms with van der Waals surface area (Å²) in [4.78, 5) is 29.6. The maximum atomic E-state index is 13.1. The predicted molar refractivity (Wildman–Crippen MR) is 122 cm³/mol. The number of aromatic nitrogens is 4. The molecule has 162 valence electrons. The third kappa shape index (κ3) is 4.06. The minimum absolute atomic E-state index is 0.0135. The molecule has 4 aromatic rings. The number of hydrogen-bond donors (Lipinski definition) is 1. The van der Waals surface area contributed by atoms with Crippen LogP contribution in [0.1, 0.15) is 45.6 Å². The molecule has 3 heterocycles. The molecule has 0 saturated carbocycles. The van der Waals surface area contributed by atoms with Gasteiger partial charge in [0.2, 0.25) is 0 Å². The van der Waals surface area contributed by atoms with Crippen LogP contribution in [0, 0.1) is 0 Å². The van der Waals surface area contributed by atoms with Gasteiger partial charge in [0, 0.05) is 42.5 Å². The zero-order chi connectivity index (χ0) is 21.9. The lowest BCUT2D eigenvalue weighted by Crippen LogP contribution is -2.26. The molecule has 0 bridgehead atoms. The standard InChI is InChI=1S/C25H25N5O2/c31-24(27-13-11-18-4-3-12-26-16-18)20-9-7-19(8-10-20)17-29-14-15-30-23(25(29)32)21-5-1-2-6-22(21)28-30/h3-4,7-10,12,14-16H,1-2,5-6,11,13,17H2,(H,27,31). The number of carbonyl (C=O) groups is 1. The van der Waals surface area contributed by atoms with Crippen LogP contribution in [0.25, 0.3) is 5.52 Å². The molecule has 0 aliphatic heterocycles. The number of benzene rings is 1. The fourth-order valence-electron chi connectivity index (χ4n) is 4.31.